The van der Waals surface area contributed by atoms with Gasteiger partial charge in [-0.2, -0.15) is 0 Å². The Balaban J connectivity index is 1.86. The molecule has 0 aromatic heterocycles. The minimum absolute atomic E-state index is 0.446. The Labute approximate surface area is 122 Å². The number of aliphatic hydroxyl groups excluding tert-OH is 1. The molecule has 0 saturated heterocycles. The Morgan fingerprint density at radius 2 is 1.70 bits per heavy atom. The normalized spacial score (nSPS) is 19.2. The molecule has 1 aromatic rings. The first-order valence-electron chi connectivity index (χ1n) is 6.02. The predicted octanol–water partition coefficient (Wildman–Crippen LogP) is 3.27. The first kappa shape index (κ1) is 14.3. The molecule has 1 aliphatic rings. The van der Waals surface area contributed by atoms with Crippen LogP contribution in [0.2, 0.25) is 5.02 Å². The van der Waals surface area contributed by atoms with E-state index in [1.807, 2.05) is 42.5 Å². The molecule has 102 valence electrons. The van der Waals surface area contributed by atoms with Crippen LogP contribution in [0.1, 0.15) is 5.56 Å². The van der Waals surface area contributed by atoms with E-state index in [2.05, 4.69) is 4.74 Å². The maximum Gasteiger partial charge on any atom is 0.333 e. The van der Waals surface area contributed by atoms with Gasteiger partial charge in [0.25, 0.3) is 0 Å². The first-order valence-corrected chi connectivity index (χ1v) is 6.40. The number of carbonyl (C=O) groups is 1. The summed E-state index contributed by atoms with van der Waals surface area (Å²) in [5.41, 5.74) is 1.50. The molecule has 4 heteroatoms. The van der Waals surface area contributed by atoms with Crippen molar-refractivity contribution in [1.82, 2.24) is 0 Å². The van der Waals surface area contributed by atoms with Crippen LogP contribution < -0.4 is 0 Å². The van der Waals surface area contributed by atoms with Crippen LogP contribution >= 0.6 is 11.6 Å². The zero-order valence-electron chi connectivity index (χ0n) is 10.6. The molecule has 0 saturated carbocycles. The number of allylic oxidation sites excluding steroid dienone is 4. The maximum atomic E-state index is 10.8. The molecule has 0 amide bonds. The number of benzene rings is 1. The summed E-state index contributed by atoms with van der Waals surface area (Å²) in [6.07, 6.45) is 10.9. The van der Waals surface area contributed by atoms with Gasteiger partial charge >= 0.3 is 5.97 Å². The number of esters is 1. The van der Waals surface area contributed by atoms with Gasteiger partial charge in [0, 0.05) is 16.7 Å². The van der Waals surface area contributed by atoms with Crippen molar-refractivity contribution in [2.45, 2.75) is 6.29 Å². The summed E-state index contributed by atoms with van der Waals surface area (Å²) < 4.78 is 4.54. The average Bonchev–Trinajstić information content (AvgIpc) is 2.74. The number of cyclic esters (lactones) is 1. The van der Waals surface area contributed by atoms with Gasteiger partial charge in [-0.3, -0.25) is 0 Å². The van der Waals surface area contributed by atoms with E-state index in [1.54, 1.807) is 18.2 Å². The molecular formula is C16H13ClO3. The van der Waals surface area contributed by atoms with E-state index >= 15 is 0 Å². The van der Waals surface area contributed by atoms with Crippen LogP contribution in [0.15, 0.2) is 66.3 Å². The molecule has 0 spiro atoms. The summed E-state index contributed by atoms with van der Waals surface area (Å²) in [4.78, 5) is 10.8. The lowest BCUT2D eigenvalue weighted by atomic mass is 10.2. The number of hydrogen-bond donors (Lipinski definition) is 1. The van der Waals surface area contributed by atoms with Gasteiger partial charge in [-0.05, 0) is 17.7 Å². The van der Waals surface area contributed by atoms with Gasteiger partial charge in [-0.1, -0.05) is 60.2 Å². The van der Waals surface area contributed by atoms with Crippen LogP contribution in [0.25, 0.3) is 6.08 Å². The topological polar surface area (TPSA) is 46.5 Å². The second-order valence-corrected chi connectivity index (χ2v) is 4.52. The van der Waals surface area contributed by atoms with E-state index in [9.17, 15) is 9.90 Å². The van der Waals surface area contributed by atoms with Crippen LogP contribution in [-0.4, -0.2) is 17.4 Å². The number of halogens is 1. The molecule has 1 aromatic carbocycles. The molecule has 1 aliphatic heterocycles. The van der Waals surface area contributed by atoms with Crippen LogP contribution in [-0.2, 0) is 9.53 Å². The fourth-order valence-corrected chi connectivity index (χ4v) is 1.71. The van der Waals surface area contributed by atoms with Gasteiger partial charge in [-0.25, -0.2) is 4.79 Å². The summed E-state index contributed by atoms with van der Waals surface area (Å²) in [5.74, 6) is -0.524. The molecule has 0 fully saturated rings. The second kappa shape index (κ2) is 6.89. The van der Waals surface area contributed by atoms with E-state index in [4.69, 9.17) is 11.6 Å². The quantitative estimate of drug-likeness (QED) is 0.683. The van der Waals surface area contributed by atoms with Crippen molar-refractivity contribution in [3.8, 4) is 0 Å². The highest BCUT2D eigenvalue weighted by Gasteiger charge is 2.20. The molecule has 20 heavy (non-hydrogen) atoms. The van der Waals surface area contributed by atoms with Crippen molar-refractivity contribution in [3.63, 3.8) is 0 Å². The van der Waals surface area contributed by atoms with Crippen molar-refractivity contribution in [2.24, 2.45) is 0 Å². The van der Waals surface area contributed by atoms with Gasteiger partial charge in [0.2, 0.25) is 6.29 Å². The zero-order chi connectivity index (χ0) is 14.4. The number of ether oxygens (including phenoxy) is 1. The van der Waals surface area contributed by atoms with Crippen LogP contribution in [0.3, 0.4) is 0 Å². The lowest BCUT2D eigenvalue weighted by Crippen LogP contribution is -2.08. The molecule has 1 N–H and O–H groups in total. The first-order chi connectivity index (χ1) is 9.65. The second-order valence-electron chi connectivity index (χ2n) is 4.09. The Kier molecular flexibility index (Phi) is 4.93. The van der Waals surface area contributed by atoms with Crippen molar-refractivity contribution >= 4 is 23.6 Å². The van der Waals surface area contributed by atoms with E-state index in [1.165, 1.54) is 6.08 Å². The van der Waals surface area contributed by atoms with E-state index in [0.29, 0.717) is 10.6 Å². The molecule has 2 rings (SSSR count). The van der Waals surface area contributed by atoms with Crippen molar-refractivity contribution in [2.75, 3.05) is 0 Å². The molecule has 3 nitrogen and oxygen atoms in total. The van der Waals surface area contributed by atoms with Crippen LogP contribution in [0.4, 0.5) is 0 Å². The van der Waals surface area contributed by atoms with Crippen molar-refractivity contribution in [3.05, 3.63) is 76.9 Å². The summed E-state index contributed by atoms with van der Waals surface area (Å²) in [6.45, 7) is 0. The number of hydrogen-bond acceptors (Lipinski definition) is 3. The lowest BCUT2D eigenvalue weighted by molar-refractivity contribution is -0.150. The fourth-order valence-electron chi connectivity index (χ4n) is 1.59. The average molecular weight is 289 g/mol. The van der Waals surface area contributed by atoms with E-state index < -0.39 is 12.3 Å². The maximum absolute atomic E-state index is 10.8. The van der Waals surface area contributed by atoms with Gasteiger partial charge in [-0.15, -0.1) is 0 Å². The Hall–Kier alpha value is -2.10. The summed E-state index contributed by atoms with van der Waals surface area (Å²) in [7, 11) is 0. The highest BCUT2D eigenvalue weighted by molar-refractivity contribution is 6.30. The van der Waals surface area contributed by atoms with Gasteiger partial charge in [0.15, 0.2) is 0 Å². The van der Waals surface area contributed by atoms with Crippen molar-refractivity contribution in [1.29, 1.82) is 0 Å². The highest BCUT2D eigenvalue weighted by Crippen LogP contribution is 2.14. The van der Waals surface area contributed by atoms with Crippen molar-refractivity contribution < 1.29 is 14.6 Å². The molecule has 1 heterocycles. The molecule has 0 radical (unpaired) electrons. The monoisotopic (exact) mass is 288 g/mol. The largest absolute Gasteiger partial charge is 0.428 e. The molecular weight excluding hydrogens is 276 g/mol. The Morgan fingerprint density at radius 1 is 1.05 bits per heavy atom. The van der Waals surface area contributed by atoms with Gasteiger partial charge in [0.1, 0.15) is 0 Å². The Bertz CT molecular complexity index is 595. The minimum atomic E-state index is -1.16. The number of carbonyl (C=O) groups excluding carboxylic acids is 1. The predicted molar refractivity (Wildman–Crippen MR) is 78.9 cm³/mol. The van der Waals surface area contributed by atoms with Gasteiger partial charge < -0.3 is 9.84 Å². The molecule has 1 unspecified atom stereocenters. The smallest absolute Gasteiger partial charge is 0.333 e. The number of aliphatic hydroxyl groups is 1. The SMILES string of the molecule is O=C1C=C(C=CC=CC=Cc2ccc(Cl)cc2)C(O)O1. The van der Waals surface area contributed by atoms with E-state index in [-0.39, 0.29) is 0 Å². The minimum Gasteiger partial charge on any atom is -0.428 e. The third kappa shape index (κ3) is 4.23. The summed E-state index contributed by atoms with van der Waals surface area (Å²) in [6, 6.07) is 7.50. The van der Waals surface area contributed by atoms with E-state index in [0.717, 1.165) is 5.56 Å². The highest BCUT2D eigenvalue weighted by atomic mass is 35.5. The molecule has 1 atom stereocenters. The summed E-state index contributed by atoms with van der Waals surface area (Å²) >= 11 is 5.79. The summed E-state index contributed by atoms with van der Waals surface area (Å²) in [5, 5.41) is 10.0. The lowest BCUT2D eigenvalue weighted by Gasteiger charge is -2.01. The number of rotatable bonds is 4. The molecule has 0 aliphatic carbocycles. The third-order valence-electron chi connectivity index (χ3n) is 2.58. The zero-order valence-corrected chi connectivity index (χ0v) is 11.3. The Morgan fingerprint density at radius 3 is 2.30 bits per heavy atom. The van der Waals surface area contributed by atoms with Crippen LogP contribution in [0, 0.1) is 0 Å². The van der Waals surface area contributed by atoms with Gasteiger partial charge in [0.05, 0.1) is 0 Å². The molecule has 0 bridgehead atoms. The fraction of sp³-hybridized carbons (Fsp3) is 0.0625. The standard InChI is InChI=1S/C16H13ClO3/c17-14-9-7-12(8-10-14)5-3-1-2-4-6-13-11-15(18)20-16(13)19/h1-11,16,19H. The third-order valence-corrected chi connectivity index (χ3v) is 2.83. The van der Waals surface area contributed by atoms with Crippen LogP contribution in [0.5, 0.6) is 0 Å².